The Morgan fingerprint density at radius 2 is 1.77 bits per heavy atom. The predicted octanol–water partition coefficient (Wildman–Crippen LogP) is 1.81. The van der Waals surface area contributed by atoms with Crippen molar-refractivity contribution >= 4 is 11.8 Å². The lowest BCUT2D eigenvalue weighted by molar-refractivity contribution is -0.131. The normalized spacial score (nSPS) is 18.5. The van der Waals surface area contributed by atoms with Gasteiger partial charge in [0.2, 0.25) is 11.8 Å². The Hall–Kier alpha value is -1.96. The van der Waals surface area contributed by atoms with Crippen LogP contribution in [-0.4, -0.2) is 79.7 Å². The Balaban J connectivity index is 1.42. The predicted molar refractivity (Wildman–Crippen MR) is 115 cm³/mol. The first-order valence-electron chi connectivity index (χ1n) is 11.1. The van der Waals surface area contributed by atoms with Crippen molar-refractivity contribution in [1.29, 1.82) is 0 Å². The average molecular weight is 418 g/mol. The number of hydrogen-bond acceptors (Lipinski definition) is 5. The summed E-state index contributed by atoms with van der Waals surface area (Å²) in [4.78, 5) is 28.3. The standard InChI is InChI=1S/C23H35N3O4/c1-19(27)25-12-7-21(8-13-25)26(22-9-15-29-16-10-22)14-11-24-23(28)18-30-17-20-5-3-2-4-6-20/h2-6,21-22H,7-18H2,1H3,(H,24,28). The summed E-state index contributed by atoms with van der Waals surface area (Å²) in [6.07, 6.45) is 4.04. The van der Waals surface area contributed by atoms with Crippen molar-refractivity contribution in [3.8, 4) is 0 Å². The Morgan fingerprint density at radius 1 is 1.10 bits per heavy atom. The van der Waals surface area contributed by atoms with E-state index in [1.165, 1.54) is 0 Å². The van der Waals surface area contributed by atoms with E-state index >= 15 is 0 Å². The summed E-state index contributed by atoms with van der Waals surface area (Å²) in [6.45, 7) is 6.82. The summed E-state index contributed by atoms with van der Waals surface area (Å²) in [6, 6.07) is 10.8. The SMILES string of the molecule is CC(=O)N1CCC(N(CCNC(=O)COCc2ccccc2)C2CCOCC2)CC1. The molecule has 0 radical (unpaired) electrons. The van der Waals surface area contributed by atoms with E-state index in [0.29, 0.717) is 25.2 Å². The fraction of sp³-hybridized carbons (Fsp3) is 0.652. The van der Waals surface area contributed by atoms with Crippen LogP contribution in [0.4, 0.5) is 0 Å². The summed E-state index contributed by atoms with van der Waals surface area (Å²) in [5.74, 6) is 0.0816. The van der Waals surface area contributed by atoms with Crippen molar-refractivity contribution in [3.05, 3.63) is 35.9 Å². The van der Waals surface area contributed by atoms with Gasteiger partial charge in [-0.15, -0.1) is 0 Å². The van der Waals surface area contributed by atoms with Crippen LogP contribution in [0.1, 0.15) is 38.2 Å². The highest BCUT2D eigenvalue weighted by Crippen LogP contribution is 2.23. The third-order valence-electron chi connectivity index (χ3n) is 6.08. The minimum atomic E-state index is -0.0794. The third kappa shape index (κ3) is 7.07. The smallest absolute Gasteiger partial charge is 0.246 e. The minimum Gasteiger partial charge on any atom is -0.381 e. The molecule has 0 atom stereocenters. The van der Waals surface area contributed by atoms with Gasteiger partial charge in [-0.2, -0.15) is 0 Å². The van der Waals surface area contributed by atoms with E-state index in [1.807, 2.05) is 35.2 Å². The lowest BCUT2D eigenvalue weighted by Crippen LogP contribution is -2.53. The maximum atomic E-state index is 12.2. The molecule has 2 amide bonds. The second-order valence-electron chi connectivity index (χ2n) is 8.15. The van der Waals surface area contributed by atoms with E-state index in [-0.39, 0.29) is 18.4 Å². The van der Waals surface area contributed by atoms with E-state index in [9.17, 15) is 9.59 Å². The largest absolute Gasteiger partial charge is 0.381 e. The molecule has 7 nitrogen and oxygen atoms in total. The zero-order valence-electron chi connectivity index (χ0n) is 18.1. The Morgan fingerprint density at radius 3 is 2.43 bits per heavy atom. The fourth-order valence-electron chi connectivity index (χ4n) is 4.40. The highest BCUT2D eigenvalue weighted by Gasteiger charge is 2.31. The molecule has 0 unspecified atom stereocenters. The lowest BCUT2D eigenvalue weighted by Gasteiger charge is -2.43. The second kappa shape index (κ2) is 12.0. The van der Waals surface area contributed by atoms with Gasteiger partial charge in [0.05, 0.1) is 6.61 Å². The van der Waals surface area contributed by atoms with Gasteiger partial charge in [-0.05, 0) is 31.2 Å². The summed E-state index contributed by atoms with van der Waals surface area (Å²) >= 11 is 0. The maximum absolute atomic E-state index is 12.2. The molecule has 2 heterocycles. The lowest BCUT2D eigenvalue weighted by atomic mass is 9.98. The number of ether oxygens (including phenoxy) is 2. The van der Waals surface area contributed by atoms with E-state index < -0.39 is 0 Å². The van der Waals surface area contributed by atoms with Gasteiger partial charge >= 0.3 is 0 Å². The molecule has 0 saturated carbocycles. The van der Waals surface area contributed by atoms with E-state index in [1.54, 1.807) is 6.92 Å². The number of amides is 2. The summed E-state index contributed by atoms with van der Waals surface area (Å²) in [7, 11) is 0. The number of likely N-dealkylation sites (tertiary alicyclic amines) is 1. The Labute approximate surface area is 179 Å². The molecule has 0 aliphatic carbocycles. The van der Waals surface area contributed by atoms with Crippen molar-refractivity contribution in [3.63, 3.8) is 0 Å². The number of hydrogen-bond donors (Lipinski definition) is 1. The molecule has 1 aromatic rings. The summed E-state index contributed by atoms with van der Waals surface area (Å²) in [5, 5.41) is 3.00. The number of benzene rings is 1. The van der Waals surface area contributed by atoms with Crippen molar-refractivity contribution in [2.24, 2.45) is 0 Å². The van der Waals surface area contributed by atoms with Gasteiger partial charge in [-0.25, -0.2) is 0 Å². The number of carbonyl (C=O) groups is 2. The second-order valence-corrected chi connectivity index (χ2v) is 8.15. The number of rotatable bonds is 9. The molecule has 0 bridgehead atoms. The highest BCUT2D eigenvalue weighted by atomic mass is 16.5. The van der Waals surface area contributed by atoms with Crippen LogP contribution in [0.3, 0.4) is 0 Å². The molecule has 7 heteroatoms. The first kappa shape index (κ1) is 22.7. The average Bonchev–Trinajstić information content (AvgIpc) is 2.78. The van der Waals surface area contributed by atoms with Crippen LogP contribution in [-0.2, 0) is 25.7 Å². The topological polar surface area (TPSA) is 71.1 Å². The summed E-state index contributed by atoms with van der Waals surface area (Å²) in [5.41, 5.74) is 1.06. The Bertz CT molecular complexity index is 656. The zero-order valence-corrected chi connectivity index (χ0v) is 18.1. The molecule has 0 aromatic heterocycles. The van der Waals surface area contributed by atoms with E-state index in [2.05, 4.69) is 10.2 Å². The van der Waals surface area contributed by atoms with Crippen LogP contribution >= 0.6 is 0 Å². The Kier molecular flexibility index (Phi) is 9.11. The molecular weight excluding hydrogens is 382 g/mol. The van der Waals surface area contributed by atoms with Crippen molar-refractivity contribution in [2.45, 2.75) is 51.3 Å². The zero-order chi connectivity index (χ0) is 21.2. The van der Waals surface area contributed by atoms with Gasteiger partial charge in [0.25, 0.3) is 0 Å². The van der Waals surface area contributed by atoms with Gasteiger partial charge in [0.1, 0.15) is 6.61 Å². The molecule has 2 fully saturated rings. The molecule has 166 valence electrons. The van der Waals surface area contributed by atoms with Crippen LogP contribution in [0.25, 0.3) is 0 Å². The number of carbonyl (C=O) groups excluding carboxylic acids is 2. The van der Waals surface area contributed by atoms with Gasteiger partial charge in [0, 0.05) is 58.4 Å². The fourth-order valence-corrected chi connectivity index (χ4v) is 4.40. The van der Waals surface area contributed by atoms with Gasteiger partial charge in [0.15, 0.2) is 0 Å². The van der Waals surface area contributed by atoms with Gasteiger partial charge < -0.3 is 19.7 Å². The quantitative estimate of drug-likeness (QED) is 0.664. The van der Waals surface area contributed by atoms with Crippen LogP contribution in [0.15, 0.2) is 30.3 Å². The molecule has 1 aromatic carbocycles. The van der Waals surface area contributed by atoms with Gasteiger partial charge in [-0.3, -0.25) is 14.5 Å². The van der Waals surface area contributed by atoms with Crippen molar-refractivity contribution < 1.29 is 19.1 Å². The number of piperidine rings is 1. The minimum absolute atomic E-state index is 0.0726. The molecular formula is C23H35N3O4. The molecule has 2 aliphatic rings. The third-order valence-corrected chi connectivity index (χ3v) is 6.08. The first-order chi connectivity index (χ1) is 14.6. The highest BCUT2D eigenvalue weighted by molar-refractivity contribution is 5.77. The maximum Gasteiger partial charge on any atom is 0.246 e. The molecule has 2 aliphatic heterocycles. The molecule has 3 rings (SSSR count). The first-order valence-corrected chi connectivity index (χ1v) is 11.1. The van der Waals surface area contributed by atoms with Crippen LogP contribution in [0, 0.1) is 0 Å². The number of nitrogens with one attached hydrogen (secondary N) is 1. The van der Waals surface area contributed by atoms with Crippen LogP contribution in [0.5, 0.6) is 0 Å². The molecule has 30 heavy (non-hydrogen) atoms. The van der Waals surface area contributed by atoms with E-state index in [0.717, 1.165) is 64.1 Å². The van der Waals surface area contributed by atoms with E-state index in [4.69, 9.17) is 9.47 Å². The molecule has 1 N–H and O–H groups in total. The van der Waals surface area contributed by atoms with Crippen molar-refractivity contribution in [2.75, 3.05) is 46.0 Å². The van der Waals surface area contributed by atoms with Crippen LogP contribution < -0.4 is 5.32 Å². The van der Waals surface area contributed by atoms with Gasteiger partial charge in [-0.1, -0.05) is 30.3 Å². The molecule has 0 spiro atoms. The van der Waals surface area contributed by atoms with Crippen molar-refractivity contribution in [1.82, 2.24) is 15.1 Å². The van der Waals surface area contributed by atoms with Crippen LogP contribution in [0.2, 0.25) is 0 Å². The summed E-state index contributed by atoms with van der Waals surface area (Å²) < 4.78 is 11.1. The number of nitrogens with zero attached hydrogens (tertiary/aromatic N) is 2. The monoisotopic (exact) mass is 417 g/mol. The molecule has 2 saturated heterocycles.